The number of amides is 1. The summed E-state index contributed by atoms with van der Waals surface area (Å²) in [5, 5.41) is 0.0956. The van der Waals surface area contributed by atoms with Crippen LogP contribution in [-0.2, 0) is 16.6 Å². The normalized spacial score (nSPS) is 16.2. The first-order valence-corrected chi connectivity index (χ1v) is 12.3. The zero-order valence-electron chi connectivity index (χ0n) is 18.3. The van der Waals surface area contributed by atoms with Crippen molar-refractivity contribution in [3.05, 3.63) is 64.7 Å². The molecule has 2 aromatic carbocycles. The number of nitrogens with one attached hydrogen (secondary N) is 1. The summed E-state index contributed by atoms with van der Waals surface area (Å²) in [5.74, 6) is -0.176. The lowest BCUT2D eigenvalue weighted by atomic mass is 10.1. The molecular formula is C23H30ClN3O3S. The Labute approximate surface area is 190 Å². The molecule has 2 aromatic rings. The van der Waals surface area contributed by atoms with E-state index in [-0.39, 0.29) is 15.8 Å². The van der Waals surface area contributed by atoms with Gasteiger partial charge in [0, 0.05) is 43.8 Å². The van der Waals surface area contributed by atoms with Crippen LogP contribution in [0.5, 0.6) is 0 Å². The van der Waals surface area contributed by atoms with Crippen LogP contribution in [0, 0.1) is 0 Å². The maximum atomic E-state index is 13.1. The summed E-state index contributed by atoms with van der Waals surface area (Å²) in [6, 6.07) is 14.7. The fraction of sp³-hybridized carbons (Fsp3) is 0.435. The minimum absolute atomic E-state index is 0.0736. The Kier molecular flexibility index (Phi) is 7.42. The quantitative estimate of drug-likeness (QED) is 0.732. The van der Waals surface area contributed by atoms with Gasteiger partial charge in [0.1, 0.15) is 4.90 Å². The van der Waals surface area contributed by atoms with Crippen molar-refractivity contribution in [2.75, 3.05) is 26.2 Å². The largest absolute Gasteiger partial charge is 0.337 e. The number of nitrogens with zero attached hydrogens (tertiary/aromatic N) is 2. The summed E-state index contributed by atoms with van der Waals surface area (Å²) in [7, 11) is -3.85. The Hall–Kier alpha value is -1.93. The van der Waals surface area contributed by atoms with Crippen LogP contribution < -0.4 is 4.72 Å². The smallest absolute Gasteiger partial charge is 0.253 e. The monoisotopic (exact) mass is 463 g/mol. The lowest BCUT2D eigenvalue weighted by Gasteiger charge is -2.23. The lowest BCUT2D eigenvalue weighted by Crippen LogP contribution is -2.40. The molecule has 1 aliphatic heterocycles. The first-order chi connectivity index (χ1) is 14.5. The summed E-state index contributed by atoms with van der Waals surface area (Å²) >= 11 is 6.17. The van der Waals surface area contributed by atoms with E-state index in [2.05, 4.69) is 21.8 Å². The van der Waals surface area contributed by atoms with E-state index in [4.69, 9.17) is 11.6 Å². The minimum Gasteiger partial charge on any atom is -0.337 e. The zero-order valence-corrected chi connectivity index (χ0v) is 19.8. The van der Waals surface area contributed by atoms with Gasteiger partial charge >= 0.3 is 0 Å². The maximum Gasteiger partial charge on any atom is 0.253 e. The fourth-order valence-corrected chi connectivity index (χ4v) is 5.60. The molecule has 1 amide bonds. The Morgan fingerprint density at radius 3 is 2.42 bits per heavy atom. The molecule has 31 heavy (non-hydrogen) atoms. The predicted octanol–water partition coefficient (Wildman–Crippen LogP) is 3.76. The maximum absolute atomic E-state index is 13.1. The van der Waals surface area contributed by atoms with E-state index in [1.807, 2.05) is 18.2 Å². The number of benzene rings is 2. The fourth-order valence-electron chi connectivity index (χ4n) is 3.66. The second-order valence-electron chi connectivity index (χ2n) is 8.91. The minimum atomic E-state index is -3.85. The van der Waals surface area contributed by atoms with Gasteiger partial charge in [-0.25, -0.2) is 13.1 Å². The number of hydrogen-bond donors (Lipinski definition) is 1. The molecule has 0 bridgehead atoms. The molecule has 8 heteroatoms. The van der Waals surface area contributed by atoms with Crippen molar-refractivity contribution >= 4 is 27.5 Å². The summed E-state index contributed by atoms with van der Waals surface area (Å²) in [6.07, 6.45) is 0.864. The molecule has 0 radical (unpaired) electrons. The van der Waals surface area contributed by atoms with Gasteiger partial charge in [0.05, 0.1) is 5.02 Å². The molecule has 1 heterocycles. The highest BCUT2D eigenvalue weighted by Gasteiger charge is 2.27. The third-order valence-corrected chi connectivity index (χ3v) is 7.27. The van der Waals surface area contributed by atoms with Crippen LogP contribution in [0.2, 0.25) is 5.02 Å². The van der Waals surface area contributed by atoms with Gasteiger partial charge in [0.25, 0.3) is 5.91 Å². The van der Waals surface area contributed by atoms with Crippen LogP contribution in [0.4, 0.5) is 0 Å². The molecule has 0 atom stereocenters. The topological polar surface area (TPSA) is 69.7 Å². The van der Waals surface area contributed by atoms with Crippen LogP contribution in [0.25, 0.3) is 0 Å². The molecule has 0 spiro atoms. The van der Waals surface area contributed by atoms with E-state index in [1.165, 1.54) is 17.7 Å². The van der Waals surface area contributed by atoms with Crippen LogP contribution in [0.1, 0.15) is 43.1 Å². The molecule has 3 rings (SSSR count). The molecule has 6 nitrogen and oxygen atoms in total. The molecule has 0 saturated carbocycles. The number of halogens is 1. The van der Waals surface area contributed by atoms with Crippen molar-refractivity contribution in [1.82, 2.24) is 14.5 Å². The molecule has 1 aliphatic rings. The molecule has 168 valence electrons. The van der Waals surface area contributed by atoms with Crippen LogP contribution in [0.15, 0.2) is 53.4 Å². The number of sulfonamides is 1. The van der Waals surface area contributed by atoms with E-state index in [1.54, 1.807) is 31.7 Å². The SMILES string of the molecule is CC(C)(C)NS(=O)(=O)c1cc(C(=O)N2CCCN(Cc3ccccc3)CC2)ccc1Cl. The van der Waals surface area contributed by atoms with E-state index in [0.717, 1.165) is 26.1 Å². The Morgan fingerprint density at radius 2 is 1.74 bits per heavy atom. The van der Waals surface area contributed by atoms with Gasteiger partial charge in [-0.2, -0.15) is 0 Å². The first kappa shape index (κ1) is 23.7. The number of carbonyl (C=O) groups is 1. The predicted molar refractivity (Wildman–Crippen MR) is 124 cm³/mol. The average Bonchev–Trinajstić information content (AvgIpc) is 2.92. The van der Waals surface area contributed by atoms with Crippen molar-refractivity contribution in [1.29, 1.82) is 0 Å². The van der Waals surface area contributed by atoms with Crippen molar-refractivity contribution in [3.63, 3.8) is 0 Å². The number of rotatable bonds is 5. The van der Waals surface area contributed by atoms with Crippen LogP contribution in [0.3, 0.4) is 0 Å². The highest BCUT2D eigenvalue weighted by atomic mass is 35.5. The van der Waals surface area contributed by atoms with E-state index in [0.29, 0.717) is 18.7 Å². The summed E-state index contributed by atoms with van der Waals surface area (Å²) in [5.41, 5.74) is 0.922. The molecule has 0 unspecified atom stereocenters. The lowest BCUT2D eigenvalue weighted by molar-refractivity contribution is 0.0761. The third kappa shape index (κ3) is 6.53. The van der Waals surface area contributed by atoms with Gasteiger partial charge in [-0.05, 0) is 51.0 Å². The van der Waals surface area contributed by atoms with Gasteiger partial charge in [-0.15, -0.1) is 0 Å². The van der Waals surface area contributed by atoms with Crippen LogP contribution >= 0.6 is 11.6 Å². The van der Waals surface area contributed by atoms with Crippen LogP contribution in [-0.4, -0.2) is 55.8 Å². The van der Waals surface area contributed by atoms with Gasteiger partial charge in [0.2, 0.25) is 10.0 Å². The molecule has 1 N–H and O–H groups in total. The van der Waals surface area contributed by atoms with Gasteiger partial charge < -0.3 is 4.90 Å². The molecule has 0 aliphatic carbocycles. The summed E-state index contributed by atoms with van der Waals surface area (Å²) in [4.78, 5) is 17.2. The standard InChI is InChI=1S/C23H30ClN3O3S/c1-23(2,3)25-31(29,30)21-16-19(10-11-20(21)24)22(28)27-13-7-12-26(14-15-27)17-18-8-5-4-6-9-18/h4-6,8-11,16,25H,7,12-15,17H2,1-3H3. The van der Waals surface area contributed by atoms with Crippen molar-refractivity contribution in [3.8, 4) is 0 Å². The molecule has 1 saturated heterocycles. The van der Waals surface area contributed by atoms with Crippen molar-refractivity contribution < 1.29 is 13.2 Å². The van der Waals surface area contributed by atoms with Crippen molar-refractivity contribution in [2.45, 2.75) is 44.2 Å². The van der Waals surface area contributed by atoms with Gasteiger partial charge in [0.15, 0.2) is 0 Å². The zero-order chi connectivity index (χ0) is 22.6. The third-order valence-electron chi connectivity index (χ3n) is 5.03. The Morgan fingerprint density at radius 1 is 1.03 bits per heavy atom. The highest BCUT2D eigenvalue weighted by Crippen LogP contribution is 2.25. The van der Waals surface area contributed by atoms with E-state index < -0.39 is 15.6 Å². The number of hydrogen-bond acceptors (Lipinski definition) is 4. The van der Waals surface area contributed by atoms with Gasteiger partial charge in [-0.1, -0.05) is 41.9 Å². The second-order valence-corrected chi connectivity index (χ2v) is 11.0. The highest BCUT2D eigenvalue weighted by molar-refractivity contribution is 7.89. The summed E-state index contributed by atoms with van der Waals surface area (Å²) < 4.78 is 28.1. The van der Waals surface area contributed by atoms with Gasteiger partial charge in [-0.3, -0.25) is 9.69 Å². The van der Waals surface area contributed by atoms with Crippen molar-refractivity contribution in [2.24, 2.45) is 0 Å². The molecular weight excluding hydrogens is 434 g/mol. The number of carbonyl (C=O) groups excluding carboxylic acids is 1. The Balaban J connectivity index is 1.73. The second kappa shape index (κ2) is 9.69. The molecule has 1 fully saturated rings. The Bertz CT molecular complexity index is 1020. The van der Waals surface area contributed by atoms with E-state index >= 15 is 0 Å². The first-order valence-electron chi connectivity index (χ1n) is 10.4. The van der Waals surface area contributed by atoms with E-state index in [9.17, 15) is 13.2 Å². The molecule has 0 aromatic heterocycles. The average molecular weight is 464 g/mol. The summed E-state index contributed by atoms with van der Waals surface area (Å²) in [6.45, 7) is 9.03.